The predicted molar refractivity (Wildman–Crippen MR) is 122 cm³/mol. The van der Waals surface area contributed by atoms with Gasteiger partial charge in [0, 0.05) is 24.4 Å². The highest BCUT2D eigenvalue weighted by atomic mass is 32.2. The van der Waals surface area contributed by atoms with E-state index in [0.29, 0.717) is 28.2 Å². The van der Waals surface area contributed by atoms with Gasteiger partial charge in [-0.2, -0.15) is 9.78 Å². The number of amides is 1. The summed E-state index contributed by atoms with van der Waals surface area (Å²) in [7, 11) is -3.73. The van der Waals surface area contributed by atoms with Crippen LogP contribution in [-0.4, -0.2) is 36.1 Å². The van der Waals surface area contributed by atoms with Crippen LogP contribution in [0.1, 0.15) is 73.8 Å². The summed E-state index contributed by atoms with van der Waals surface area (Å²) in [5, 5.41) is 7.09. The van der Waals surface area contributed by atoms with Crippen LogP contribution in [0.4, 0.5) is 5.82 Å². The molecule has 8 nitrogen and oxygen atoms in total. The van der Waals surface area contributed by atoms with Gasteiger partial charge in [0.25, 0.3) is 0 Å². The van der Waals surface area contributed by atoms with E-state index in [4.69, 9.17) is 0 Å². The molecule has 0 radical (unpaired) electrons. The molecule has 0 saturated heterocycles. The van der Waals surface area contributed by atoms with E-state index in [-0.39, 0.29) is 35.6 Å². The smallest absolute Gasteiger partial charge is 0.249 e. The molecule has 1 aliphatic carbocycles. The molecule has 172 valence electrons. The molecule has 0 spiro atoms. The van der Waals surface area contributed by atoms with Crippen molar-refractivity contribution in [1.82, 2.24) is 14.5 Å². The summed E-state index contributed by atoms with van der Waals surface area (Å²) < 4.78 is 30.8. The number of aromatic nitrogens is 2. The minimum absolute atomic E-state index is 0.0607. The van der Waals surface area contributed by atoms with Gasteiger partial charge in [0.15, 0.2) is 0 Å². The highest BCUT2D eigenvalue weighted by Crippen LogP contribution is 2.35. The summed E-state index contributed by atoms with van der Waals surface area (Å²) in [6.07, 6.45) is 7.44. The maximum atomic E-state index is 13.3. The first-order valence-corrected chi connectivity index (χ1v) is 12.8. The molecule has 1 fully saturated rings. The second-order valence-electron chi connectivity index (χ2n) is 8.81. The van der Waals surface area contributed by atoms with Crippen molar-refractivity contribution in [3.05, 3.63) is 29.5 Å². The van der Waals surface area contributed by atoms with Crippen molar-refractivity contribution in [1.29, 1.82) is 0 Å². The largest absolute Gasteiger partial charge is 0.310 e. The molecule has 0 bridgehead atoms. The van der Waals surface area contributed by atoms with Gasteiger partial charge in [-0.1, -0.05) is 44.2 Å². The fraction of sp³-hybridized carbons (Fsp3) is 0.522. The Balaban J connectivity index is 1.71. The van der Waals surface area contributed by atoms with Crippen LogP contribution in [0.15, 0.2) is 23.1 Å². The van der Waals surface area contributed by atoms with Crippen LogP contribution in [-0.2, 0) is 14.8 Å². The summed E-state index contributed by atoms with van der Waals surface area (Å²) in [5.74, 6) is -0.224. The van der Waals surface area contributed by atoms with Gasteiger partial charge in [0.1, 0.15) is 5.82 Å². The fourth-order valence-corrected chi connectivity index (χ4v) is 6.17. The number of anilines is 1. The second kappa shape index (κ2) is 9.15. The fourth-order valence-electron chi connectivity index (χ4n) is 4.59. The van der Waals surface area contributed by atoms with Gasteiger partial charge in [-0.3, -0.25) is 9.59 Å². The molecule has 0 atom stereocenters. The number of rotatable bonds is 4. The van der Waals surface area contributed by atoms with Crippen molar-refractivity contribution in [2.75, 3.05) is 5.32 Å². The Labute approximate surface area is 188 Å². The van der Waals surface area contributed by atoms with Crippen LogP contribution in [0.3, 0.4) is 0 Å². The molecule has 1 saturated carbocycles. The number of benzene rings is 1. The number of fused-ring (bicyclic) bond motifs is 1. The molecule has 1 aromatic carbocycles. The van der Waals surface area contributed by atoms with Crippen LogP contribution >= 0.6 is 0 Å². The molecular formula is C23H30N4O4S. The first kappa shape index (κ1) is 22.7. The van der Waals surface area contributed by atoms with Gasteiger partial charge in [-0.25, -0.2) is 13.1 Å². The van der Waals surface area contributed by atoms with Crippen LogP contribution in [0, 0.1) is 13.8 Å². The Bertz CT molecular complexity index is 1140. The zero-order chi connectivity index (χ0) is 22.9. The average molecular weight is 459 g/mol. The third-order valence-electron chi connectivity index (χ3n) is 6.31. The van der Waals surface area contributed by atoms with E-state index in [1.54, 1.807) is 32.0 Å². The Morgan fingerprint density at radius 1 is 1.03 bits per heavy atom. The third-order valence-corrected chi connectivity index (χ3v) is 7.98. The summed E-state index contributed by atoms with van der Waals surface area (Å²) in [6, 6.07) is 5.12. The minimum atomic E-state index is -3.73. The first-order chi connectivity index (χ1) is 15.3. The van der Waals surface area contributed by atoms with Crippen molar-refractivity contribution in [2.24, 2.45) is 0 Å². The molecule has 9 heteroatoms. The van der Waals surface area contributed by atoms with E-state index in [1.165, 1.54) is 11.1 Å². The van der Waals surface area contributed by atoms with Gasteiger partial charge in [0.05, 0.1) is 10.6 Å². The maximum Gasteiger partial charge on any atom is 0.249 e. The zero-order valence-corrected chi connectivity index (χ0v) is 19.4. The number of aryl methyl sites for hydroxylation is 2. The molecule has 2 aromatic rings. The number of sulfonamides is 1. The number of nitrogens with zero attached hydrogens (tertiary/aromatic N) is 2. The monoisotopic (exact) mass is 458 g/mol. The van der Waals surface area contributed by atoms with Crippen molar-refractivity contribution < 1.29 is 18.0 Å². The lowest BCUT2D eigenvalue weighted by atomic mass is 9.97. The van der Waals surface area contributed by atoms with Gasteiger partial charge in [-0.15, -0.1) is 0 Å². The van der Waals surface area contributed by atoms with Gasteiger partial charge in [0.2, 0.25) is 21.8 Å². The summed E-state index contributed by atoms with van der Waals surface area (Å²) in [6.45, 7) is 3.52. The summed E-state index contributed by atoms with van der Waals surface area (Å²) in [4.78, 5) is 24.7. The SMILES string of the molecule is Cc1ccc(-c2c(C)nn3c2NC(=O)CCC3=O)cc1S(=O)(=O)NC1CCCCCCC1. The first-order valence-electron chi connectivity index (χ1n) is 11.3. The number of carbonyl (C=O) groups is 2. The number of hydrogen-bond donors (Lipinski definition) is 2. The molecule has 2 N–H and O–H groups in total. The summed E-state index contributed by atoms with van der Waals surface area (Å²) in [5.41, 5.74) is 2.36. The average Bonchev–Trinajstić information content (AvgIpc) is 2.97. The minimum Gasteiger partial charge on any atom is -0.310 e. The van der Waals surface area contributed by atoms with E-state index >= 15 is 0 Å². The van der Waals surface area contributed by atoms with E-state index in [9.17, 15) is 18.0 Å². The van der Waals surface area contributed by atoms with Crippen LogP contribution < -0.4 is 10.0 Å². The Hall–Kier alpha value is -2.52. The van der Waals surface area contributed by atoms with Crippen LogP contribution in [0.25, 0.3) is 11.1 Å². The lowest BCUT2D eigenvalue weighted by Gasteiger charge is -2.21. The van der Waals surface area contributed by atoms with Crippen molar-refractivity contribution in [3.8, 4) is 11.1 Å². The molecular weight excluding hydrogens is 428 g/mol. The van der Waals surface area contributed by atoms with Gasteiger partial charge in [-0.05, 0) is 43.9 Å². The Kier molecular flexibility index (Phi) is 6.48. The number of hydrogen-bond acceptors (Lipinski definition) is 5. The lowest BCUT2D eigenvalue weighted by Crippen LogP contribution is -2.35. The second-order valence-corrected chi connectivity index (χ2v) is 10.5. The number of nitrogens with one attached hydrogen (secondary N) is 2. The van der Waals surface area contributed by atoms with Crippen molar-refractivity contribution >= 4 is 27.7 Å². The standard InChI is InChI=1S/C23H30N4O4S/c1-15-10-11-17(22-16(2)25-27-21(29)13-12-20(28)24-23(22)27)14-19(15)32(30,31)26-18-8-6-4-3-5-7-9-18/h10-11,14,18,26H,3-9,12-13H2,1-2H3,(H,24,28). The quantitative estimate of drug-likeness (QED) is 0.721. The lowest BCUT2D eigenvalue weighted by molar-refractivity contribution is -0.116. The molecule has 2 aliphatic rings. The topological polar surface area (TPSA) is 110 Å². The molecule has 1 aliphatic heterocycles. The maximum absolute atomic E-state index is 13.3. The van der Waals surface area contributed by atoms with Gasteiger partial charge < -0.3 is 5.32 Å². The van der Waals surface area contributed by atoms with Crippen molar-refractivity contribution in [3.63, 3.8) is 0 Å². The normalized spacial score (nSPS) is 18.4. The van der Waals surface area contributed by atoms with E-state index < -0.39 is 10.0 Å². The summed E-state index contributed by atoms with van der Waals surface area (Å²) >= 11 is 0. The van der Waals surface area contributed by atoms with Crippen LogP contribution in [0.5, 0.6) is 0 Å². The molecule has 32 heavy (non-hydrogen) atoms. The molecule has 0 unspecified atom stereocenters. The molecule has 2 heterocycles. The zero-order valence-electron chi connectivity index (χ0n) is 18.6. The van der Waals surface area contributed by atoms with E-state index in [0.717, 1.165) is 38.5 Å². The van der Waals surface area contributed by atoms with Crippen molar-refractivity contribution in [2.45, 2.75) is 82.6 Å². The highest BCUT2D eigenvalue weighted by Gasteiger charge is 2.28. The predicted octanol–water partition coefficient (Wildman–Crippen LogP) is 3.93. The van der Waals surface area contributed by atoms with E-state index in [1.807, 2.05) is 0 Å². The Morgan fingerprint density at radius 3 is 2.44 bits per heavy atom. The Morgan fingerprint density at radius 2 is 1.72 bits per heavy atom. The van der Waals surface area contributed by atoms with Gasteiger partial charge >= 0.3 is 0 Å². The third kappa shape index (κ3) is 4.63. The molecule has 4 rings (SSSR count). The number of carbonyl (C=O) groups excluding carboxylic acids is 2. The van der Waals surface area contributed by atoms with Crippen LogP contribution in [0.2, 0.25) is 0 Å². The molecule has 1 aromatic heterocycles. The highest BCUT2D eigenvalue weighted by molar-refractivity contribution is 7.89. The molecule has 1 amide bonds. The van der Waals surface area contributed by atoms with E-state index in [2.05, 4.69) is 15.1 Å².